The maximum Gasteiger partial charge on any atom is 0.256 e. The van der Waals surface area contributed by atoms with Crippen LogP contribution in [-0.4, -0.2) is 49.0 Å². The van der Waals surface area contributed by atoms with E-state index in [1.807, 2.05) is 0 Å². The minimum Gasteiger partial charge on any atom is -0.497 e. The number of rotatable bonds is 8. The molecular weight excluding hydrogens is 368 g/mol. The lowest BCUT2D eigenvalue weighted by molar-refractivity contribution is -0.122. The number of ether oxygens (including phenoxy) is 2. The molecule has 0 unspecified atom stereocenters. The molecule has 2 amide bonds. The Morgan fingerprint density at radius 3 is 2.93 bits per heavy atom. The average Bonchev–Trinajstić information content (AvgIpc) is 3.24. The lowest BCUT2D eigenvalue weighted by atomic mass is 10.2. The van der Waals surface area contributed by atoms with Crippen LogP contribution in [-0.2, 0) is 27.6 Å². The van der Waals surface area contributed by atoms with Gasteiger partial charge < -0.3 is 20.1 Å². The minimum atomic E-state index is -0.269. The van der Waals surface area contributed by atoms with Gasteiger partial charge in [0.05, 0.1) is 19.4 Å². The number of thioether (sulfide) groups is 1. The maximum atomic E-state index is 12.7. The predicted molar refractivity (Wildman–Crippen MR) is 103 cm³/mol. The van der Waals surface area contributed by atoms with Gasteiger partial charge in [-0.1, -0.05) is 6.07 Å². The number of amides is 2. The van der Waals surface area contributed by atoms with Gasteiger partial charge in [0, 0.05) is 36.3 Å². The topological polar surface area (TPSA) is 94.5 Å². The molecule has 0 spiro atoms. The summed E-state index contributed by atoms with van der Waals surface area (Å²) in [5.41, 5.74) is 2.36. The van der Waals surface area contributed by atoms with E-state index in [1.54, 1.807) is 54.9 Å². The minimum absolute atomic E-state index is 0.0368. The number of benzene rings is 1. The molecule has 144 valence electrons. The van der Waals surface area contributed by atoms with Crippen LogP contribution < -0.4 is 15.4 Å². The quantitative estimate of drug-likeness (QED) is 0.666. The molecule has 0 saturated heterocycles. The first-order chi connectivity index (χ1) is 13.1. The molecule has 1 aromatic carbocycles. The molecule has 0 aliphatic carbocycles. The van der Waals surface area contributed by atoms with Crippen molar-refractivity contribution in [2.24, 2.45) is 0 Å². The second kappa shape index (κ2) is 8.92. The van der Waals surface area contributed by atoms with Gasteiger partial charge in [-0.25, -0.2) is 4.68 Å². The van der Waals surface area contributed by atoms with E-state index in [0.717, 1.165) is 22.8 Å². The summed E-state index contributed by atoms with van der Waals surface area (Å²) in [6.45, 7) is 0.907. The van der Waals surface area contributed by atoms with Gasteiger partial charge in [-0.2, -0.15) is 16.9 Å². The van der Waals surface area contributed by atoms with Crippen LogP contribution >= 0.6 is 11.8 Å². The molecular formula is C18H22N4O4S. The molecule has 1 aromatic heterocycles. The molecule has 0 saturated carbocycles. The molecule has 1 aliphatic heterocycles. The number of carbonyl (C=O) groups is 2. The van der Waals surface area contributed by atoms with E-state index in [2.05, 4.69) is 15.7 Å². The number of anilines is 1. The smallest absolute Gasteiger partial charge is 0.256 e. The zero-order chi connectivity index (χ0) is 19.2. The number of nitrogens with one attached hydrogen (secondary N) is 2. The number of hydrogen-bond acceptors (Lipinski definition) is 6. The van der Waals surface area contributed by atoms with Crippen molar-refractivity contribution in [2.45, 2.75) is 18.1 Å². The van der Waals surface area contributed by atoms with Crippen molar-refractivity contribution in [1.82, 2.24) is 15.1 Å². The summed E-state index contributed by atoms with van der Waals surface area (Å²) in [7, 11) is 3.13. The molecule has 0 fully saturated rings. The molecule has 0 radical (unpaired) electrons. The van der Waals surface area contributed by atoms with Crippen LogP contribution in [0.2, 0.25) is 0 Å². The Bertz CT molecular complexity index is 837. The molecule has 0 bridgehead atoms. The molecule has 2 heterocycles. The van der Waals surface area contributed by atoms with Crippen molar-refractivity contribution in [3.63, 3.8) is 0 Å². The Balaban J connectivity index is 1.77. The molecule has 2 N–H and O–H groups in total. The molecule has 2 aromatic rings. The van der Waals surface area contributed by atoms with Crippen molar-refractivity contribution < 1.29 is 19.1 Å². The van der Waals surface area contributed by atoms with Crippen molar-refractivity contribution in [3.8, 4) is 5.75 Å². The number of carbonyl (C=O) groups excluding carboxylic acids is 2. The second-order valence-electron chi connectivity index (χ2n) is 5.95. The van der Waals surface area contributed by atoms with E-state index >= 15 is 0 Å². The fourth-order valence-electron chi connectivity index (χ4n) is 2.75. The Morgan fingerprint density at radius 1 is 1.30 bits per heavy atom. The van der Waals surface area contributed by atoms with Crippen LogP contribution in [0.5, 0.6) is 5.75 Å². The second-order valence-corrected chi connectivity index (χ2v) is 6.94. The summed E-state index contributed by atoms with van der Waals surface area (Å²) >= 11 is 1.73. The predicted octanol–water partition coefficient (Wildman–Crippen LogP) is 1.65. The highest BCUT2D eigenvalue weighted by Gasteiger charge is 2.25. The van der Waals surface area contributed by atoms with Crippen LogP contribution in [0, 0.1) is 0 Å². The van der Waals surface area contributed by atoms with Gasteiger partial charge in [-0.05, 0) is 18.2 Å². The maximum absolute atomic E-state index is 12.7. The first-order valence-corrected chi connectivity index (χ1v) is 9.65. The van der Waals surface area contributed by atoms with Crippen molar-refractivity contribution in [3.05, 3.63) is 41.1 Å². The highest BCUT2D eigenvalue weighted by molar-refractivity contribution is 7.98. The number of fused-ring (bicyclic) bond motifs is 1. The van der Waals surface area contributed by atoms with Crippen LogP contribution in [0.15, 0.2) is 24.3 Å². The van der Waals surface area contributed by atoms with Crippen molar-refractivity contribution >= 4 is 29.4 Å². The lowest BCUT2D eigenvalue weighted by Gasteiger charge is -2.12. The largest absolute Gasteiger partial charge is 0.497 e. The third kappa shape index (κ3) is 4.61. The first kappa shape index (κ1) is 19.2. The summed E-state index contributed by atoms with van der Waals surface area (Å²) in [4.78, 5) is 24.8. The van der Waals surface area contributed by atoms with Gasteiger partial charge in [-0.15, -0.1) is 0 Å². The van der Waals surface area contributed by atoms with E-state index in [1.165, 1.54) is 0 Å². The molecule has 3 rings (SSSR count). The van der Waals surface area contributed by atoms with Crippen LogP contribution in [0.1, 0.15) is 21.6 Å². The van der Waals surface area contributed by atoms with E-state index in [0.29, 0.717) is 30.3 Å². The SMILES string of the molecule is COCCNC(=O)Cn1nc2c(c1NC(=O)c1cccc(OC)c1)CSC2. The van der Waals surface area contributed by atoms with Crippen LogP contribution in [0.3, 0.4) is 0 Å². The molecule has 8 nitrogen and oxygen atoms in total. The van der Waals surface area contributed by atoms with Crippen LogP contribution in [0.25, 0.3) is 0 Å². The summed E-state index contributed by atoms with van der Waals surface area (Å²) < 4.78 is 11.7. The normalized spacial score (nSPS) is 12.5. The number of methoxy groups -OCH3 is 2. The zero-order valence-electron chi connectivity index (χ0n) is 15.3. The summed E-state index contributed by atoms with van der Waals surface area (Å²) in [6.07, 6.45) is 0. The molecule has 0 atom stereocenters. The monoisotopic (exact) mass is 390 g/mol. The average molecular weight is 390 g/mol. The Hall–Kier alpha value is -2.52. The Labute approximate surface area is 161 Å². The Morgan fingerprint density at radius 2 is 2.15 bits per heavy atom. The van der Waals surface area contributed by atoms with E-state index in [-0.39, 0.29) is 18.4 Å². The van der Waals surface area contributed by atoms with E-state index in [9.17, 15) is 9.59 Å². The van der Waals surface area contributed by atoms with Crippen LogP contribution in [0.4, 0.5) is 5.82 Å². The summed E-state index contributed by atoms with van der Waals surface area (Å²) in [6, 6.07) is 6.92. The molecule has 9 heteroatoms. The third-order valence-electron chi connectivity index (χ3n) is 4.10. The summed E-state index contributed by atoms with van der Waals surface area (Å²) in [5.74, 6) is 2.26. The van der Waals surface area contributed by atoms with Crippen molar-refractivity contribution in [1.29, 1.82) is 0 Å². The zero-order valence-corrected chi connectivity index (χ0v) is 16.1. The van der Waals surface area contributed by atoms with E-state index < -0.39 is 0 Å². The van der Waals surface area contributed by atoms with Gasteiger partial charge in [-0.3, -0.25) is 9.59 Å². The fourth-order valence-corrected chi connectivity index (χ4v) is 3.78. The number of hydrogen-bond donors (Lipinski definition) is 2. The highest BCUT2D eigenvalue weighted by atomic mass is 32.2. The lowest BCUT2D eigenvalue weighted by Crippen LogP contribution is -2.31. The molecule has 1 aliphatic rings. The first-order valence-electron chi connectivity index (χ1n) is 8.49. The standard InChI is InChI=1S/C18H22N4O4S/c1-25-7-6-19-16(23)9-22-17(14-10-27-11-15(14)21-22)20-18(24)12-4-3-5-13(8-12)26-2/h3-5,8H,6-7,9-11H2,1-2H3,(H,19,23)(H,20,24). The Kier molecular flexibility index (Phi) is 6.36. The third-order valence-corrected chi connectivity index (χ3v) is 5.07. The van der Waals surface area contributed by atoms with Crippen molar-refractivity contribution in [2.75, 3.05) is 32.7 Å². The summed E-state index contributed by atoms with van der Waals surface area (Å²) in [5, 5.41) is 10.2. The molecule has 27 heavy (non-hydrogen) atoms. The van der Waals surface area contributed by atoms with Gasteiger partial charge in [0.15, 0.2) is 0 Å². The van der Waals surface area contributed by atoms with Gasteiger partial charge >= 0.3 is 0 Å². The van der Waals surface area contributed by atoms with Gasteiger partial charge in [0.1, 0.15) is 18.1 Å². The van der Waals surface area contributed by atoms with Gasteiger partial charge in [0.2, 0.25) is 5.91 Å². The van der Waals surface area contributed by atoms with Gasteiger partial charge in [0.25, 0.3) is 5.91 Å². The number of nitrogens with zero attached hydrogens (tertiary/aromatic N) is 2. The van der Waals surface area contributed by atoms with E-state index in [4.69, 9.17) is 9.47 Å². The fraction of sp³-hybridized carbons (Fsp3) is 0.389. The number of aromatic nitrogens is 2. The highest BCUT2D eigenvalue weighted by Crippen LogP contribution is 2.34.